The molecule has 106 valence electrons. The maximum absolute atomic E-state index is 11.5. The molecule has 1 unspecified atom stereocenters. The Labute approximate surface area is 114 Å². The Morgan fingerprint density at radius 2 is 2.37 bits per heavy atom. The van der Waals surface area contributed by atoms with Gasteiger partial charge in [-0.25, -0.2) is 4.79 Å². The molecule has 4 heteroatoms. The average molecular weight is 265 g/mol. The van der Waals surface area contributed by atoms with E-state index in [4.69, 9.17) is 9.15 Å². The molecule has 1 saturated heterocycles. The van der Waals surface area contributed by atoms with Gasteiger partial charge in [0.25, 0.3) is 0 Å². The van der Waals surface area contributed by atoms with Crippen molar-refractivity contribution in [2.45, 2.75) is 39.7 Å². The number of furan rings is 1. The minimum absolute atomic E-state index is 0.322. The topological polar surface area (TPSA) is 42.7 Å². The van der Waals surface area contributed by atoms with Gasteiger partial charge in [-0.3, -0.25) is 4.90 Å². The Bertz CT molecular complexity index is 439. The molecule has 0 saturated carbocycles. The number of methoxy groups -OCH3 is 1. The summed E-state index contributed by atoms with van der Waals surface area (Å²) < 4.78 is 10.4. The van der Waals surface area contributed by atoms with Crippen molar-refractivity contribution < 1.29 is 13.9 Å². The van der Waals surface area contributed by atoms with E-state index in [1.807, 2.05) is 6.07 Å². The van der Waals surface area contributed by atoms with Crippen LogP contribution < -0.4 is 0 Å². The zero-order chi connectivity index (χ0) is 13.8. The monoisotopic (exact) mass is 265 g/mol. The summed E-state index contributed by atoms with van der Waals surface area (Å²) in [6, 6.07) is 1.82. The number of rotatable bonds is 4. The van der Waals surface area contributed by atoms with E-state index < -0.39 is 0 Å². The van der Waals surface area contributed by atoms with Gasteiger partial charge in [-0.2, -0.15) is 0 Å². The van der Waals surface area contributed by atoms with Gasteiger partial charge in [0.2, 0.25) is 0 Å². The zero-order valence-electron chi connectivity index (χ0n) is 12.1. The van der Waals surface area contributed by atoms with Crippen molar-refractivity contribution >= 4 is 5.97 Å². The van der Waals surface area contributed by atoms with Crippen LogP contribution in [0.3, 0.4) is 0 Å². The minimum atomic E-state index is -0.322. The van der Waals surface area contributed by atoms with E-state index in [2.05, 4.69) is 11.8 Å². The second-order valence-corrected chi connectivity index (χ2v) is 5.33. The van der Waals surface area contributed by atoms with Gasteiger partial charge in [-0.05, 0) is 38.3 Å². The highest BCUT2D eigenvalue weighted by atomic mass is 16.5. The van der Waals surface area contributed by atoms with Crippen LogP contribution in [0, 0.1) is 12.8 Å². The highest BCUT2D eigenvalue weighted by molar-refractivity contribution is 5.90. The molecule has 0 aliphatic carbocycles. The molecule has 0 amide bonds. The summed E-state index contributed by atoms with van der Waals surface area (Å²) >= 11 is 0. The standard InChI is InChI=1S/C15H23NO3/c1-4-12-6-5-7-16(9-12)10-13-8-14(11(2)19-13)15(17)18-3/h8,12H,4-7,9-10H2,1-3H3. The van der Waals surface area contributed by atoms with Crippen molar-refractivity contribution in [3.63, 3.8) is 0 Å². The van der Waals surface area contributed by atoms with E-state index in [-0.39, 0.29) is 5.97 Å². The van der Waals surface area contributed by atoms with E-state index >= 15 is 0 Å². The van der Waals surface area contributed by atoms with E-state index in [0.29, 0.717) is 11.3 Å². The van der Waals surface area contributed by atoms with Gasteiger partial charge < -0.3 is 9.15 Å². The van der Waals surface area contributed by atoms with Crippen LogP contribution >= 0.6 is 0 Å². The fourth-order valence-corrected chi connectivity index (χ4v) is 2.78. The minimum Gasteiger partial charge on any atom is -0.465 e. The van der Waals surface area contributed by atoms with Crippen LogP contribution in [-0.4, -0.2) is 31.1 Å². The van der Waals surface area contributed by atoms with Gasteiger partial charge in [0.1, 0.15) is 17.1 Å². The number of ether oxygens (including phenoxy) is 1. The highest BCUT2D eigenvalue weighted by Gasteiger charge is 2.21. The second kappa shape index (κ2) is 6.24. The van der Waals surface area contributed by atoms with Crippen LogP contribution in [0.5, 0.6) is 0 Å². The Morgan fingerprint density at radius 3 is 3.05 bits per heavy atom. The maximum Gasteiger partial charge on any atom is 0.341 e. The first-order valence-electron chi connectivity index (χ1n) is 7.04. The van der Waals surface area contributed by atoms with Gasteiger partial charge >= 0.3 is 5.97 Å². The molecule has 0 aromatic carbocycles. The van der Waals surface area contributed by atoms with E-state index in [1.165, 1.54) is 26.4 Å². The molecular formula is C15H23NO3. The summed E-state index contributed by atoms with van der Waals surface area (Å²) in [5, 5.41) is 0. The number of carbonyl (C=O) groups is 1. The first kappa shape index (κ1) is 14.1. The van der Waals surface area contributed by atoms with Crippen LogP contribution in [0.25, 0.3) is 0 Å². The lowest BCUT2D eigenvalue weighted by Gasteiger charge is -2.31. The molecule has 1 aromatic heterocycles. The van der Waals surface area contributed by atoms with Crippen molar-refractivity contribution in [3.8, 4) is 0 Å². The van der Waals surface area contributed by atoms with Gasteiger partial charge in [0.05, 0.1) is 13.7 Å². The summed E-state index contributed by atoms with van der Waals surface area (Å²) in [6.45, 7) is 7.09. The number of hydrogen-bond acceptors (Lipinski definition) is 4. The number of hydrogen-bond donors (Lipinski definition) is 0. The molecule has 0 spiro atoms. The number of likely N-dealkylation sites (tertiary alicyclic amines) is 1. The molecule has 1 atom stereocenters. The van der Waals surface area contributed by atoms with Gasteiger partial charge in [0.15, 0.2) is 0 Å². The Morgan fingerprint density at radius 1 is 1.58 bits per heavy atom. The van der Waals surface area contributed by atoms with Gasteiger partial charge in [0, 0.05) is 6.54 Å². The van der Waals surface area contributed by atoms with E-state index in [9.17, 15) is 4.79 Å². The second-order valence-electron chi connectivity index (χ2n) is 5.33. The fourth-order valence-electron chi connectivity index (χ4n) is 2.78. The third-order valence-electron chi connectivity index (χ3n) is 3.93. The summed E-state index contributed by atoms with van der Waals surface area (Å²) in [4.78, 5) is 14.0. The Kier molecular flexibility index (Phi) is 4.64. The molecule has 1 aromatic rings. The van der Waals surface area contributed by atoms with Gasteiger partial charge in [-0.1, -0.05) is 13.3 Å². The molecule has 4 nitrogen and oxygen atoms in total. The maximum atomic E-state index is 11.5. The number of piperidine rings is 1. The van der Waals surface area contributed by atoms with Gasteiger partial charge in [-0.15, -0.1) is 0 Å². The van der Waals surface area contributed by atoms with Crippen LogP contribution in [0.1, 0.15) is 48.1 Å². The van der Waals surface area contributed by atoms with Crippen molar-refractivity contribution in [1.29, 1.82) is 0 Å². The van der Waals surface area contributed by atoms with Crippen LogP contribution in [0.15, 0.2) is 10.5 Å². The van der Waals surface area contributed by atoms with E-state index in [0.717, 1.165) is 31.3 Å². The fraction of sp³-hybridized carbons (Fsp3) is 0.667. The zero-order valence-corrected chi connectivity index (χ0v) is 12.1. The molecule has 2 heterocycles. The Balaban J connectivity index is 2.01. The summed E-state index contributed by atoms with van der Waals surface area (Å²) in [7, 11) is 1.39. The number of esters is 1. The number of aryl methyl sites for hydroxylation is 1. The summed E-state index contributed by atoms with van der Waals surface area (Å²) in [6.07, 6.45) is 3.82. The molecule has 0 bridgehead atoms. The van der Waals surface area contributed by atoms with Crippen molar-refractivity contribution in [2.75, 3.05) is 20.2 Å². The van der Waals surface area contributed by atoms with Crippen molar-refractivity contribution in [3.05, 3.63) is 23.2 Å². The lowest BCUT2D eigenvalue weighted by Crippen LogP contribution is -2.34. The smallest absolute Gasteiger partial charge is 0.341 e. The lowest BCUT2D eigenvalue weighted by atomic mass is 9.96. The largest absolute Gasteiger partial charge is 0.465 e. The SMILES string of the molecule is CCC1CCCN(Cc2cc(C(=O)OC)c(C)o2)C1. The normalized spacial score (nSPS) is 20.5. The first-order chi connectivity index (χ1) is 9.13. The predicted molar refractivity (Wildman–Crippen MR) is 73.1 cm³/mol. The molecule has 0 N–H and O–H groups in total. The molecule has 2 rings (SSSR count). The molecule has 1 aliphatic rings. The number of nitrogens with zero attached hydrogens (tertiary/aromatic N) is 1. The third-order valence-corrected chi connectivity index (χ3v) is 3.93. The van der Waals surface area contributed by atoms with Crippen LogP contribution in [0.2, 0.25) is 0 Å². The third kappa shape index (κ3) is 3.38. The molecule has 0 radical (unpaired) electrons. The van der Waals surface area contributed by atoms with E-state index in [1.54, 1.807) is 6.92 Å². The average Bonchev–Trinajstić information content (AvgIpc) is 2.79. The summed E-state index contributed by atoms with van der Waals surface area (Å²) in [5.74, 6) is 1.98. The number of carbonyl (C=O) groups excluding carboxylic acids is 1. The van der Waals surface area contributed by atoms with Crippen molar-refractivity contribution in [1.82, 2.24) is 4.90 Å². The molecule has 1 fully saturated rings. The van der Waals surface area contributed by atoms with Crippen LogP contribution in [-0.2, 0) is 11.3 Å². The Hall–Kier alpha value is -1.29. The quantitative estimate of drug-likeness (QED) is 0.785. The highest BCUT2D eigenvalue weighted by Crippen LogP contribution is 2.23. The predicted octanol–water partition coefficient (Wildman–Crippen LogP) is 3.00. The lowest BCUT2D eigenvalue weighted by molar-refractivity contribution is 0.0599. The summed E-state index contributed by atoms with van der Waals surface area (Å²) in [5.41, 5.74) is 0.543. The first-order valence-corrected chi connectivity index (χ1v) is 7.04. The van der Waals surface area contributed by atoms with Crippen molar-refractivity contribution in [2.24, 2.45) is 5.92 Å². The molecule has 1 aliphatic heterocycles. The van der Waals surface area contributed by atoms with Crippen LogP contribution in [0.4, 0.5) is 0 Å². The molecule has 19 heavy (non-hydrogen) atoms. The molecular weight excluding hydrogens is 242 g/mol.